The van der Waals surface area contributed by atoms with Crippen molar-refractivity contribution in [3.8, 4) is 11.5 Å². The zero-order valence-electron chi connectivity index (χ0n) is 12.8. The second-order valence-electron chi connectivity index (χ2n) is 6.48. The number of halogens is 1. The Morgan fingerprint density at radius 2 is 2.00 bits per heavy atom. The molecule has 1 aromatic heterocycles. The summed E-state index contributed by atoms with van der Waals surface area (Å²) in [5, 5.41) is 7.66. The lowest BCUT2D eigenvalue weighted by atomic mass is 10.1. The van der Waals surface area contributed by atoms with Gasteiger partial charge in [-0.3, -0.25) is 4.79 Å². The largest absolute Gasteiger partial charge is 0.346 e. The van der Waals surface area contributed by atoms with Gasteiger partial charge in [-0.15, -0.1) is 0 Å². The molecule has 0 radical (unpaired) electrons. The quantitative estimate of drug-likeness (QED) is 0.929. The number of carbonyl (C=O) groups is 1. The number of aromatic nitrogens is 2. The van der Waals surface area contributed by atoms with Crippen molar-refractivity contribution in [2.24, 2.45) is 17.8 Å². The molecule has 2 aliphatic rings. The van der Waals surface area contributed by atoms with E-state index in [-0.39, 0.29) is 17.9 Å². The minimum Gasteiger partial charge on any atom is -0.346 e. The fourth-order valence-corrected chi connectivity index (χ4v) is 3.83. The molecule has 23 heavy (non-hydrogen) atoms. The molecule has 0 saturated heterocycles. The van der Waals surface area contributed by atoms with Crippen LogP contribution in [0.15, 0.2) is 28.8 Å². The van der Waals surface area contributed by atoms with Crippen molar-refractivity contribution in [2.45, 2.75) is 32.2 Å². The van der Waals surface area contributed by atoms with E-state index in [1.54, 1.807) is 12.1 Å². The molecule has 0 spiro atoms. The molecule has 2 saturated carbocycles. The van der Waals surface area contributed by atoms with Gasteiger partial charge in [-0.05, 0) is 55.9 Å². The first kappa shape index (κ1) is 14.7. The number of carbonyl (C=O) groups excluding carboxylic acids is 1. The highest BCUT2D eigenvalue weighted by Gasteiger charge is 2.56. The number of hydrogen-bond acceptors (Lipinski definition) is 4. The summed E-state index contributed by atoms with van der Waals surface area (Å²) in [5.41, 5.74) is 0.809. The van der Waals surface area contributed by atoms with Gasteiger partial charge in [0.25, 0.3) is 5.89 Å². The molecule has 0 aliphatic heterocycles. The van der Waals surface area contributed by atoms with Crippen LogP contribution in [0, 0.1) is 17.8 Å². The van der Waals surface area contributed by atoms with E-state index in [0.717, 1.165) is 5.56 Å². The second kappa shape index (κ2) is 5.64. The van der Waals surface area contributed by atoms with Gasteiger partial charge in [-0.1, -0.05) is 23.2 Å². The Balaban J connectivity index is 1.42. The molecule has 1 heterocycles. The van der Waals surface area contributed by atoms with Gasteiger partial charge < -0.3 is 9.84 Å². The third-order valence-corrected chi connectivity index (χ3v) is 5.24. The summed E-state index contributed by atoms with van der Waals surface area (Å²) in [6.07, 6.45) is 3.66. The van der Waals surface area contributed by atoms with Crippen LogP contribution in [0.1, 0.15) is 38.1 Å². The second-order valence-corrected chi connectivity index (χ2v) is 6.92. The van der Waals surface area contributed by atoms with Crippen LogP contribution in [0.2, 0.25) is 5.02 Å². The van der Waals surface area contributed by atoms with Gasteiger partial charge in [0.15, 0.2) is 5.82 Å². The topological polar surface area (TPSA) is 68.0 Å². The average molecular weight is 332 g/mol. The Kier molecular flexibility index (Phi) is 3.60. The Morgan fingerprint density at radius 3 is 2.70 bits per heavy atom. The number of rotatable bonds is 4. The summed E-state index contributed by atoms with van der Waals surface area (Å²) in [7, 11) is 0. The van der Waals surface area contributed by atoms with Gasteiger partial charge in [0.2, 0.25) is 5.91 Å². The number of nitrogens with one attached hydrogen (secondary N) is 1. The van der Waals surface area contributed by atoms with Crippen LogP contribution in [0.3, 0.4) is 0 Å². The van der Waals surface area contributed by atoms with Crippen molar-refractivity contribution in [3.63, 3.8) is 0 Å². The van der Waals surface area contributed by atoms with E-state index >= 15 is 0 Å². The van der Waals surface area contributed by atoms with Crippen molar-refractivity contribution < 1.29 is 9.32 Å². The van der Waals surface area contributed by atoms with E-state index in [4.69, 9.17) is 16.1 Å². The zero-order chi connectivity index (χ0) is 16.0. The van der Waals surface area contributed by atoms with E-state index in [0.29, 0.717) is 28.6 Å². The fraction of sp³-hybridized carbons (Fsp3) is 0.471. The van der Waals surface area contributed by atoms with E-state index < -0.39 is 0 Å². The lowest BCUT2D eigenvalue weighted by molar-refractivity contribution is -0.123. The minimum atomic E-state index is -0.256. The third-order valence-electron chi connectivity index (χ3n) is 4.99. The Bertz CT molecular complexity index is 718. The molecule has 2 aromatic rings. The van der Waals surface area contributed by atoms with Gasteiger partial charge in [-0.2, -0.15) is 4.98 Å². The molecule has 2 fully saturated rings. The zero-order valence-corrected chi connectivity index (χ0v) is 13.6. The molecule has 1 amide bonds. The van der Waals surface area contributed by atoms with Crippen LogP contribution < -0.4 is 5.32 Å². The van der Waals surface area contributed by atoms with Crippen LogP contribution in [0.25, 0.3) is 11.5 Å². The molecule has 4 rings (SSSR count). The normalized spacial score (nSPS) is 26.6. The van der Waals surface area contributed by atoms with E-state index in [2.05, 4.69) is 15.5 Å². The van der Waals surface area contributed by atoms with Crippen LogP contribution in [-0.4, -0.2) is 16.0 Å². The standard InChI is InChI=1S/C17H18ClN3O2/c1-9(19-16(22)14-12-3-2-4-13(12)14)15-20-17(23-21-15)10-5-7-11(18)8-6-10/h5-9,12-14H,2-4H2,1H3,(H,19,22)/t9-,12-,13+,14?/m1/s1. The van der Waals surface area contributed by atoms with Crippen LogP contribution in [0.5, 0.6) is 0 Å². The lowest BCUT2D eigenvalue weighted by Gasteiger charge is -2.10. The predicted octanol–water partition coefficient (Wildman–Crippen LogP) is 3.61. The maximum Gasteiger partial charge on any atom is 0.257 e. The van der Waals surface area contributed by atoms with Crippen molar-refractivity contribution >= 4 is 17.5 Å². The van der Waals surface area contributed by atoms with Gasteiger partial charge in [0, 0.05) is 16.5 Å². The van der Waals surface area contributed by atoms with E-state index in [9.17, 15) is 4.79 Å². The molecule has 5 nitrogen and oxygen atoms in total. The highest BCUT2D eigenvalue weighted by molar-refractivity contribution is 6.30. The SMILES string of the molecule is C[C@@H](NC(=O)C1[C@H]2CCC[C@@H]12)c1noc(-c2ccc(Cl)cc2)n1. The maximum atomic E-state index is 12.3. The first-order chi connectivity index (χ1) is 11.1. The molecule has 120 valence electrons. The van der Waals surface area contributed by atoms with Crippen molar-refractivity contribution in [2.75, 3.05) is 0 Å². The summed E-state index contributed by atoms with van der Waals surface area (Å²) in [4.78, 5) is 16.7. The van der Waals surface area contributed by atoms with Gasteiger partial charge in [0.1, 0.15) is 0 Å². The molecule has 6 heteroatoms. The molecule has 4 atom stereocenters. The van der Waals surface area contributed by atoms with Crippen molar-refractivity contribution in [1.82, 2.24) is 15.5 Å². The Hall–Kier alpha value is -1.88. The first-order valence-corrected chi connectivity index (χ1v) is 8.41. The molecule has 2 aliphatic carbocycles. The summed E-state index contributed by atoms with van der Waals surface area (Å²) in [5.74, 6) is 2.48. The van der Waals surface area contributed by atoms with E-state index in [1.165, 1.54) is 19.3 Å². The van der Waals surface area contributed by atoms with Crippen LogP contribution in [-0.2, 0) is 4.79 Å². The van der Waals surface area contributed by atoms with Gasteiger partial charge in [0.05, 0.1) is 6.04 Å². The highest BCUT2D eigenvalue weighted by Crippen LogP contribution is 2.57. The molecular formula is C17H18ClN3O2. The van der Waals surface area contributed by atoms with Crippen LogP contribution >= 0.6 is 11.6 Å². The monoisotopic (exact) mass is 331 g/mol. The van der Waals surface area contributed by atoms with Gasteiger partial charge >= 0.3 is 0 Å². The number of fused-ring (bicyclic) bond motifs is 1. The Labute approximate surface area is 139 Å². The maximum absolute atomic E-state index is 12.3. The molecule has 0 bridgehead atoms. The third kappa shape index (κ3) is 2.74. The van der Waals surface area contributed by atoms with Crippen LogP contribution in [0.4, 0.5) is 0 Å². The summed E-state index contributed by atoms with van der Waals surface area (Å²) >= 11 is 5.87. The minimum absolute atomic E-state index is 0.130. The predicted molar refractivity (Wildman–Crippen MR) is 85.6 cm³/mol. The Morgan fingerprint density at radius 1 is 1.30 bits per heavy atom. The van der Waals surface area contributed by atoms with Crippen molar-refractivity contribution in [3.05, 3.63) is 35.1 Å². The number of hydrogen-bond donors (Lipinski definition) is 1. The molecule has 1 aromatic carbocycles. The lowest BCUT2D eigenvalue weighted by Crippen LogP contribution is -2.30. The molecule has 1 unspecified atom stereocenters. The van der Waals surface area contributed by atoms with Crippen molar-refractivity contribution in [1.29, 1.82) is 0 Å². The summed E-state index contributed by atoms with van der Waals surface area (Å²) in [6, 6.07) is 6.95. The summed E-state index contributed by atoms with van der Waals surface area (Å²) in [6.45, 7) is 1.88. The number of nitrogens with zero attached hydrogens (tertiary/aromatic N) is 2. The van der Waals surface area contributed by atoms with E-state index in [1.807, 2.05) is 19.1 Å². The number of benzene rings is 1. The number of amides is 1. The highest BCUT2D eigenvalue weighted by atomic mass is 35.5. The van der Waals surface area contributed by atoms with Gasteiger partial charge in [-0.25, -0.2) is 0 Å². The first-order valence-electron chi connectivity index (χ1n) is 8.03. The molecule has 1 N–H and O–H groups in total. The molecular weight excluding hydrogens is 314 g/mol. The average Bonchev–Trinajstić information content (AvgIpc) is 2.95. The fourth-order valence-electron chi connectivity index (χ4n) is 3.71. The summed E-state index contributed by atoms with van der Waals surface area (Å²) < 4.78 is 5.29. The smallest absolute Gasteiger partial charge is 0.257 e.